The van der Waals surface area contributed by atoms with E-state index >= 15 is 0 Å². The van der Waals surface area contributed by atoms with Crippen molar-refractivity contribution in [1.82, 2.24) is 31.2 Å². The number of alkyl carbamates (subject to hydrolysis) is 1. The first-order valence-corrected chi connectivity index (χ1v) is 17.0. The molecule has 13 nitrogen and oxygen atoms in total. The highest BCUT2D eigenvalue weighted by molar-refractivity contribution is 7.09. The van der Waals surface area contributed by atoms with Crippen LogP contribution in [0.5, 0.6) is 0 Å². The molecule has 0 fully saturated rings. The number of amides is 3. The molecule has 0 saturated carbocycles. The highest BCUT2D eigenvalue weighted by atomic mass is 32.1. The van der Waals surface area contributed by atoms with Crippen molar-refractivity contribution in [2.24, 2.45) is 5.92 Å². The number of aromatic nitrogens is 2. The van der Waals surface area contributed by atoms with E-state index in [1.165, 1.54) is 11.3 Å². The molecule has 49 heavy (non-hydrogen) atoms. The van der Waals surface area contributed by atoms with E-state index in [9.17, 15) is 19.5 Å². The highest BCUT2D eigenvalue weighted by Crippen LogP contribution is 2.18. The number of aliphatic hydroxyl groups is 1. The van der Waals surface area contributed by atoms with Gasteiger partial charge in [0.25, 0.3) is 5.91 Å². The van der Waals surface area contributed by atoms with Gasteiger partial charge in [-0.1, -0.05) is 93.5 Å². The van der Waals surface area contributed by atoms with Crippen molar-refractivity contribution in [3.8, 4) is 0 Å². The van der Waals surface area contributed by atoms with Crippen molar-refractivity contribution in [3.05, 3.63) is 106 Å². The highest BCUT2D eigenvalue weighted by Gasteiger charge is 2.38. The Balaban J connectivity index is 1.56. The molecule has 4 rings (SSSR count). The fourth-order valence-corrected chi connectivity index (χ4v) is 5.38. The second-order valence-corrected chi connectivity index (χ2v) is 13.1. The quantitative estimate of drug-likeness (QED) is 0.118. The van der Waals surface area contributed by atoms with Gasteiger partial charge < -0.3 is 29.7 Å². The first-order chi connectivity index (χ1) is 23.6. The molecule has 3 atom stereocenters. The maximum absolute atomic E-state index is 14.4. The third-order valence-electron chi connectivity index (χ3n) is 7.59. The molecule has 0 radical (unpaired) electrons. The van der Waals surface area contributed by atoms with Gasteiger partial charge in [0.2, 0.25) is 0 Å². The van der Waals surface area contributed by atoms with Gasteiger partial charge in [0, 0.05) is 25.4 Å². The Hall–Kier alpha value is -4.79. The maximum Gasteiger partial charge on any atom is 0.426 e. The van der Waals surface area contributed by atoms with Crippen LogP contribution in [0.2, 0.25) is 0 Å². The number of rotatable bonds is 16. The van der Waals surface area contributed by atoms with E-state index in [-0.39, 0.29) is 32.1 Å². The molecule has 4 N–H and O–H groups in total. The van der Waals surface area contributed by atoms with Crippen LogP contribution in [-0.4, -0.2) is 63.1 Å². The molecule has 14 heteroatoms. The van der Waals surface area contributed by atoms with Crippen molar-refractivity contribution in [2.75, 3.05) is 6.54 Å². The van der Waals surface area contributed by atoms with Crippen molar-refractivity contribution in [3.63, 3.8) is 0 Å². The van der Waals surface area contributed by atoms with E-state index in [4.69, 9.17) is 14.0 Å². The Morgan fingerprint density at radius 3 is 2.22 bits per heavy atom. The van der Waals surface area contributed by atoms with E-state index in [0.29, 0.717) is 17.2 Å². The number of nitrogens with one attached hydrogen (secondary N) is 3. The summed E-state index contributed by atoms with van der Waals surface area (Å²) in [5.74, 6) is -0.631. The zero-order valence-electron chi connectivity index (χ0n) is 28.1. The third kappa shape index (κ3) is 11.7. The predicted molar refractivity (Wildman–Crippen MR) is 183 cm³/mol. The van der Waals surface area contributed by atoms with Crippen molar-refractivity contribution in [1.29, 1.82) is 0 Å². The monoisotopic (exact) mass is 692 g/mol. The number of thiazole rings is 1. The molecule has 262 valence electrons. The van der Waals surface area contributed by atoms with Gasteiger partial charge in [0.05, 0.1) is 28.2 Å². The molecule has 0 spiro atoms. The molecular formula is C35H44N6O7S. The Morgan fingerprint density at radius 1 is 0.939 bits per heavy atom. The van der Waals surface area contributed by atoms with Crippen LogP contribution in [-0.2, 0) is 40.4 Å². The smallest absolute Gasteiger partial charge is 0.426 e. The largest absolute Gasteiger partial charge is 0.443 e. The van der Waals surface area contributed by atoms with Crippen LogP contribution in [0.1, 0.15) is 61.1 Å². The van der Waals surface area contributed by atoms with Gasteiger partial charge in [0.15, 0.2) is 12.4 Å². The summed E-state index contributed by atoms with van der Waals surface area (Å²) in [5.41, 5.74) is 6.74. The lowest BCUT2D eigenvalue weighted by Gasteiger charge is -2.37. The molecule has 1 unspecified atom stereocenters. The molecule has 0 aliphatic rings. The molecule has 0 bridgehead atoms. The fraction of sp³-hybridized carbons (Fsp3) is 0.400. The number of ether oxygens (including phenoxy) is 2. The van der Waals surface area contributed by atoms with Crippen LogP contribution < -0.4 is 16.1 Å². The zero-order valence-corrected chi connectivity index (χ0v) is 28.9. The summed E-state index contributed by atoms with van der Waals surface area (Å²) in [4.78, 5) is 45.3. The van der Waals surface area contributed by atoms with Gasteiger partial charge >= 0.3 is 12.2 Å². The van der Waals surface area contributed by atoms with Crippen LogP contribution in [0.4, 0.5) is 9.59 Å². The number of hydrogen-bond acceptors (Lipinski definition) is 11. The van der Waals surface area contributed by atoms with Gasteiger partial charge in [0.1, 0.15) is 12.6 Å². The summed E-state index contributed by atoms with van der Waals surface area (Å²) in [6.07, 6.45) is -1.19. The van der Waals surface area contributed by atoms with Gasteiger partial charge in [-0.2, -0.15) is 0 Å². The average Bonchev–Trinajstić information content (AvgIpc) is 3.80. The number of hydrogen-bond donors (Lipinski definition) is 4. The van der Waals surface area contributed by atoms with E-state index < -0.39 is 42.2 Å². The summed E-state index contributed by atoms with van der Waals surface area (Å²) in [6, 6.07) is 18.6. The fourth-order valence-electron chi connectivity index (χ4n) is 4.87. The van der Waals surface area contributed by atoms with Crippen molar-refractivity contribution >= 4 is 29.4 Å². The Morgan fingerprint density at radius 2 is 1.61 bits per heavy atom. The van der Waals surface area contributed by atoms with Crippen LogP contribution >= 0.6 is 11.3 Å². The lowest BCUT2D eigenvalue weighted by molar-refractivity contribution is -0.143. The molecule has 4 aromatic rings. The van der Waals surface area contributed by atoms with E-state index in [1.807, 2.05) is 74.5 Å². The van der Waals surface area contributed by atoms with Gasteiger partial charge in [-0.3, -0.25) is 9.78 Å². The van der Waals surface area contributed by atoms with Gasteiger partial charge in [-0.15, -0.1) is 11.3 Å². The number of nitrogens with zero attached hydrogens (tertiary/aromatic N) is 3. The molecule has 0 aliphatic heterocycles. The van der Waals surface area contributed by atoms with Crippen LogP contribution in [0.25, 0.3) is 0 Å². The first kappa shape index (κ1) is 37.0. The minimum atomic E-state index is -1.16. The molecule has 2 aromatic heterocycles. The number of benzene rings is 2. The van der Waals surface area contributed by atoms with Gasteiger partial charge in [-0.25, -0.2) is 20.0 Å². The van der Waals surface area contributed by atoms with Crippen LogP contribution in [0.3, 0.4) is 0 Å². The topological polar surface area (TPSA) is 168 Å². The normalized spacial score (nSPS) is 13.0. The minimum Gasteiger partial charge on any atom is -0.443 e. The molecule has 0 saturated heterocycles. The number of carbonyl (C=O) groups is 3. The summed E-state index contributed by atoms with van der Waals surface area (Å²) >= 11 is 1.31. The lowest BCUT2D eigenvalue weighted by Crippen LogP contribution is -2.63. The minimum absolute atomic E-state index is 0.0680. The Bertz CT molecular complexity index is 1580. The number of carbonyl (C=O) groups excluding carboxylic acids is 3. The molecule has 0 aliphatic carbocycles. The molecule has 2 aromatic carbocycles. The number of hydrazine groups is 1. The summed E-state index contributed by atoms with van der Waals surface area (Å²) < 4.78 is 16.0. The maximum atomic E-state index is 14.4. The molecule has 2 heterocycles. The van der Waals surface area contributed by atoms with Crippen molar-refractivity contribution < 1.29 is 33.5 Å². The Kier molecular flexibility index (Phi) is 14.1. The van der Waals surface area contributed by atoms with Gasteiger partial charge in [-0.05, 0) is 29.4 Å². The summed E-state index contributed by atoms with van der Waals surface area (Å²) in [7, 11) is 0. The van der Waals surface area contributed by atoms with E-state index in [0.717, 1.165) is 21.8 Å². The Labute approximate surface area is 290 Å². The summed E-state index contributed by atoms with van der Waals surface area (Å²) in [5, 5.41) is 22.5. The van der Waals surface area contributed by atoms with Crippen LogP contribution in [0, 0.1) is 5.92 Å². The SMILES string of the molecule is CC(C)c1cc(COC(=O)NC(C(=O)N(NC(=O)OCc2cncs2)[C@@H](Cc2ccccc2)[C@@H](O)CNCc2ccccc2)C(C)C)on1. The third-order valence-corrected chi connectivity index (χ3v) is 8.34. The second kappa shape index (κ2) is 18.7. The second-order valence-electron chi connectivity index (χ2n) is 12.1. The van der Waals surface area contributed by atoms with Crippen LogP contribution in [0.15, 0.2) is 83.0 Å². The van der Waals surface area contributed by atoms with Crippen molar-refractivity contribution in [2.45, 2.75) is 78.0 Å². The molecule has 3 amide bonds. The average molecular weight is 693 g/mol. The first-order valence-electron chi connectivity index (χ1n) is 16.1. The van der Waals surface area contributed by atoms with E-state index in [2.05, 4.69) is 26.2 Å². The number of aliphatic hydroxyl groups excluding tert-OH is 1. The lowest BCUT2D eigenvalue weighted by atomic mass is 9.97. The predicted octanol–water partition coefficient (Wildman–Crippen LogP) is 4.94. The zero-order chi connectivity index (χ0) is 35.2. The molecular weight excluding hydrogens is 648 g/mol. The summed E-state index contributed by atoms with van der Waals surface area (Å²) in [6.45, 7) is 7.72. The standard InChI is InChI=1S/C35H44N6O7S/c1-23(2)29-16-27(48-40-29)20-46-34(44)38-32(24(3)4)33(43)41(39-35(45)47-21-28-18-37-22-49-28)30(15-25-11-7-5-8-12-25)31(42)19-36-17-26-13-9-6-10-14-26/h5-14,16,18,22-24,30-32,36,42H,15,17,19-21H2,1-4H3,(H,38,44)(H,39,45)/t30-,31-,32?/m0/s1. The van der Waals surface area contributed by atoms with E-state index in [1.54, 1.807) is 31.6 Å².